The molecule has 0 aliphatic heterocycles. The highest BCUT2D eigenvalue weighted by molar-refractivity contribution is 5.92. The molecule has 1 aromatic carbocycles. The smallest absolute Gasteiger partial charge is 0.253 e. The van der Waals surface area contributed by atoms with Crippen LogP contribution in [-0.4, -0.2) is 10.5 Å². The van der Waals surface area contributed by atoms with Crippen LogP contribution in [0.4, 0.5) is 4.39 Å². The highest BCUT2D eigenvalue weighted by Gasteiger charge is 2.07. The van der Waals surface area contributed by atoms with Crippen LogP contribution >= 0.6 is 0 Å². The van der Waals surface area contributed by atoms with Crippen molar-refractivity contribution < 1.29 is 9.18 Å². The summed E-state index contributed by atoms with van der Waals surface area (Å²) in [6.45, 7) is 1.89. The number of pyridine rings is 1. The lowest BCUT2D eigenvalue weighted by molar-refractivity contribution is 0.0999. The highest BCUT2D eigenvalue weighted by atomic mass is 19.1. The first-order chi connectivity index (χ1) is 8.97. The maximum Gasteiger partial charge on any atom is 0.253 e. The first-order valence-corrected chi connectivity index (χ1v) is 5.72. The molecule has 1 heterocycles. The Morgan fingerprint density at radius 3 is 2.53 bits per heavy atom. The number of nitrogens with two attached hydrogens (primary N) is 1. The Bertz CT molecular complexity index is 675. The van der Waals surface area contributed by atoms with Gasteiger partial charge in [0.25, 0.3) is 5.56 Å². The minimum absolute atomic E-state index is 0.200. The van der Waals surface area contributed by atoms with E-state index in [2.05, 4.69) is 0 Å². The molecule has 0 saturated heterocycles. The Hall–Kier alpha value is -2.43. The Morgan fingerprint density at radius 2 is 1.95 bits per heavy atom. The van der Waals surface area contributed by atoms with Gasteiger partial charge in [-0.05, 0) is 30.7 Å². The fourth-order valence-electron chi connectivity index (χ4n) is 1.82. The van der Waals surface area contributed by atoms with E-state index >= 15 is 0 Å². The number of amides is 1. The number of halogens is 1. The van der Waals surface area contributed by atoms with Crippen molar-refractivity contribution in [1.29, 1.82) is 0 Å². The second-order valence-electron chi connectivity index (χ2n) is 4.34. The molecule has 1 aromatic heterocycles. The second kappa shape index (κ2) is 5.06. The average molecular weight is 260 g/mol. The number of carbonyl (C=O) groups excluding carboxylic acids is 1. The predicted octanol–water partition coefficient (Wildman–Crippen LogP) is 1.44. The SMILES string of the molecule is Cc1cc(C(N)=O)cn(Cc2ccc(F)cc2)c1=O. The van der Waals surface area contributed by atoms with Crippen LogP contribution in [-0.2, 0) is 6.54 Å². The maximum atomic E-state index is 12.8. The monoisotopic (exact) mass is 260 g/mol. The molecule has 2 aromatic rings. The number of hydrogen-bond donors (Lipinski definition) is 1. The first kappa shape index (κ1) is 13.0. The van der Waals surface area contributed by atoms with Crippen LogP contribution in [0.2, 0.25) is 0 Å². The number of benzene rings is 1. The van der Waals surface area contributed by atoms with Crippen molar-refractivity contribution >= 4 is 5.91 Å². The van der Waals surface area contributed by atoms with Crippen LogP contribution in [0.25, 0.3) is 0 Å². The van der Waals surface area contributed by atoms with Crippen molar-refractivity contribution in [3.05, 3.63) is 69.4 Å². The molecule has 4 nitrogen and oxygen atoms in total. The van der Waals surface area contributed by atoms with E-state index in [0.29, 0.717) is 5.56 Å². The van der Waals surface area contributed by atoms with E-state index in [0.717, 1.165) is 5.56 Å². The van der Waals surface area contributed by atoms with Gasteiger partial charge in [0.2, 0.25) is 5.91 Å². The van der Waals surface area contributed by atoms with Gasteiger partial charge in [-0.25, -0.2) is 4.39 Å². The van der Waals surface area contributed by atoms with Crippen molar-refractivity contribution in [3.63, 3.8) is 0 Å². The minimum atomic E-state index is -0.587. The van der Waals surface area contributed by atoms with Crippen LogP contribution in [0, 0.1) is 12.7 Å². The summed E-state index contributed by atoms with van der Waals surface area (Å²) in [5.41, 5.74) is 6.50. The summed E-state index contributed by atoms with van der Waals surface area (Å²) in [6.07, 6.45) is 1.42. The van der Waals surface area contributed by atoms with Gasteiger partial charge in [0.05, 0.1) is 12.1 Å². The summed E-state index contributed by atoms with van der Waals surface area (Å²) in [7, 11) is 0. The molecule has 0 bridgehead atoms. The van der Waals surface area contributed by atoms with Gasteiger partial charge in [0.15, 0.2) is 0 Å². The quantitative estimate of drug-likeness (QED) is 0.907. The van der Waals surface area contributed by atoms with E-state index in [1.54, 1.807) is 19.1 Å². The number of nitrogens with zero attached hydrogens (tertiary/aromatic N) is 1. The van der Waals surface area contributed by atoms with E-state index < -0.39 is 5.91 Å². The van der Waals surface area contributed by atoms with Gasteiger partial charge in [0.1, 0.15) is 5.82 Å². The van der Waals surface area contributed by atoms with Gasteiger partial charge in [0, 0.05) is 11.8 Å². The third kappa shape index (κ3) is 2.88. The van der Waals surface area contributed by atoms with Crippen molar-refractivity contribution in [3.8, 4) is 0 Å². The molecule has 0 unspecified atom stereocenters. The number of carbonyl (C=O) groups is 1. The molecule has 0 aliphatic rings. The van der Waals surface area contributed by atoms with Gasteiger partial charge >= 0.3 is 0 Å². The van der Waals surface area contributed by atoms with Gasteiger partial charge in [-0.3, -0.25) is 9.59 Å². The lowest BCUT2D eigenvalue weighted by atomic mass is 10.1. The number of aryl methyl sites for hydroxylation is 1. The summed E-state index contributed by atoms with van der Waals surface area (Å²) in [6, 6.07) is 7.30. The Labute approximate surface area is 109 Å². The summed E-state index contributed by atoms with van der Waals surface area (Å²) >= 11 is 0. The van der Waals surface area contributed by atoms with Crippen LogP contribution in [0.15, 0.2) is 41.3 Å². The molecule has 0 spiro atoms. The van der Waals surface area contributed by atoms with Gasteiger partial charge < -0.3 is 10.3 Å². The Balaban J connectivity index is 2.41. The fourth-order valence-corrected chi connectivity index (χ4v) is 1.82. The van der Waals surface area contributed by atoms with E-state index in [4.69, 9.17) is 5.73 Å². The third-order valence-electron chi connectivity index (χ3n) is 2.82. The molecule has 1 amide bonds. The van der Waals surface area contributed by atoms with Crippen molar-refractivity contribution in [2.75, 3.05) is 0 Å². The standard InChI is InChI=1S/C14H13FN2O2/c1-9-6-11(13(16)18)8-17(14(9)19)7-10-2-4-12(15)5-3-10/h2-6,8H,7H2,1H3,(H2,16,18). The number of hydrogen-bond acceptors (Lipinski definition) is 2. The van der Waals surface area contributed by atoms with Crippen LogP contribution in [0.1, 0.15) is 21.5 Å². The lowest BCUT2D eigenvalue weighted by Gasteiger charge is -2.09. The molecule has 0 aliphatic carbocycles. The molecule has 0 atom stereocenters. The molecule has 2 rings (SSSR count). The van der Waals surface area contributed by atoms with Gasteiger partial charge in [-0.15, -0.1) is 0 Å². The molecule has 0 radical (unpaired) electrons. The fraction of sp³-hybridized carbons (Fsp3) is 0.143. The average Bonchev–Trinajstić information content (AvgIpc) is 2.37. The zero-order chi connectivity index (χ0) is 14.0. The van der Waals surface area contributed by atoms with Crippen molar-refractivity contribution in [1.82, 2.24) is 4.57 Å². The normalized spacial score (nSPS) is 10.4. The van der Waals surface area contributed by atoms with Gasteiger partial charge in [-0.1, -0.05) is 12.1 Å². The molecule has 19 heavy (non-hydrogen) atoms. The minimum Gasteiger partial charge on any atom is -0.366 e. The molecular weight excluding hydrogens is 247 g/mol. The maximum absolute atomic E-state index is 12.8. The number of aromatic nitrogens is 1. The summed E-state index contributed by atoms with van der Waals surface area (Å²) in [5, 5.41) is 0. The Morgan fingerprint density at radius 1 is 1.32 bits per heavy atom. The van der Waals surface area contributed by atoms with E-state index in [1.165, 1.54) is 29.0 Å². The molecular formula is C14H13FN2O2. The highest BCUT2D eigenvalue weighted by Crippen LogP contribution is 2.06. The van der Waals surface area contributed by atoms with E-state index in [9.17, 15) is 14.0 Å². The lowest BCUT2D eigenvalue weighted by Crippen LogP contribution is -2.25. The van der Waals surface area contributed by atoms with Crippen molar-refractivity contribution in [2.24, 2.45) is 5.73 Å². The van der Waals surface area contributed by atoms with Crippen LogP contribution in [0.5, 0.6) is 0 Å². The second-order valence-corrected chi connectivity index (χ2v) is 4.34. The third-order valence-corrected chi connectivity index (χ3v) is 2.82. The zero-order valence-electron chi connectivity index (χ0n) is 10.4. The Kier molecular flexibility index (Phi) is 3.46. The summed E-state index contributed by atoms with van der Waals surface area (Å²) in [5.74, 6) is -0.922. The summed E-state index contributed by atoms with van der Waals surface area (Å²) < 4.78 is 14.2. The molecule has 0 fully saturated rings. The zero-order valence-corrected chi connectivity index (χ0v) is 10.4. The number of primary amides is 1. The number of rotatable bonds is 3. The van der Waals surface area contributed by atoms with Crippen molar-refractivity contribution in [2.45, 2.75) is 13.5 Å². The van der Waals surface area contributed by atoms with E-state index in [-0.39, 0.29) is 23.5 Å². The largest absolute Gasteiger partial charge is 0.366 e. The van der Waals surface area contributed by atoms with Crippen LogP contribution in [0.3, 0.4) is 0 Å². The topological polar surface area (TPSA) is 65.1 Å². The molecule has 0 saturated carbocycles. The molecule has 98 valence electrons. The first-order valence-electron chi connectivity index (χ1n) is 5.72. The van der Waals surface area contributed by atoms with Gasteiger partial charge in [-0.2, -0.15) is 0 Å². The molecule has 2 N–H and O–H groups in total. The van der Waals surface area contributed by atoms with Crippen LogP contribution < -0.4 is 11.3 Å². The molecule has 5 heteroatoms. The predicted molar refractivity (Wildman–Crippen MR) is 69.5 cm³/mol. The van der Waals surface area contributed by atoms with E-state index in [1.807, 2.05) is 0 Å². The summed E-state index contributed by atoms with van der Waals surface area (Å²) in [4.78, 5) is 23.1.